The number of carbonyl (C=O) groups is 1. The number of nitrogens with one attached hydrogen (secondary N) is 1. The second-order valence-corrected chi connectivity index (χ2v) is 5.31. The number of halogens is 3. The van der Waals surface area contributed by atoms with Gasteiger partial charge in [0, 0.05) is 12.8 Å². The van der Waals surface area contributed by atoms with Crippen molar-refractivity contribution in [2.75, 3.05) is 5.32 Å². The predicted octanol–water partition coefficient (Wildman–Crippen LogP) is 3.82. The number of rotatable bonds is 5. The SMILES string of the molecule is N#CCCC#Cc1ccc(NC(=O)Cc2cccc(OC(F)(F)F)c2)cn1. The summed E-state index contributed by atoms with van der Waals surface area (Å²) in [6.45, 7) is 0. The van der Waals surface area contributed by atoms with Crippen molar-refractivity contribution in [3.8, 4) is 23.7 Å². The van der Waals surface area contributed by atoms with Gasteiger partial charge in [0.05, 0.1) is 24.4 Å². The van der Waals surface area contributed by atoms with Gasteiger partial charge in [0.15, 0.2) is 0 Å². The number of benzene rings is 1. The van der Waals surface area contributed by atoms with E-state index in [4.69, 9.17) is 5.26 Å². The van der Waals surface area contributed by atoms with Crippen LogP contribution in [0.1, 0.15) is 24.1 Å². The van der Waals surface area contributed by atoms with E-state index in [1.807, 2.05) is 6.07 Å². The Morgan fingerprint density at radius 3 is 2.70 bits per heavy atom. The Balaban J connectivity index is 1.93. The van der Waals surface area contributed by atoms with E-state index in [2.05, 4.69) is 26.9 Å². The zero-order chi connectivity index (χ0) is 19.7. The van der Waals surface area contributed by atoms with Crippen molar-refractivity contribution in [3.63, 3.8) is 0 Å². The highest BCUT2D eigenvalue weighted by molar-refractivity contribution is 5.92. The molecule has 0 spiro atoms. The summed E-state index contributed by atoms with van der Waals surface area (Å²) in [5.41, 5.74) is 1.32. The Morgan fingerprint density at radius 1 is 1.22 bits per heavy atom. The third-order valence-electron chi connectivity index (χ3n) is 3.12. The summed E-state index contributed by atoms with van der Waals surface area (Å²) in [4.78, 5) is 16.1. The average Bonchev–Trinajstić information content (AvgIpc) is 2.59. The number of ether oxygens (including phenoxy) is 1. The fourth-order valence-electron chi connectivity index (χ4n) is 2.06. The molecule has 1 N–H and O–H groups in total. The van der Waals surface area contributed by atoms with Gasteiger partial charge in [-0.05, 0) is 35.7 Å². The number of unbranched alkanes of at least 4 members (excludes halogenated alkanes) is 1. The Kier molecular flexibility index (Phi) is 6.79. The number of carbonyl (C=O) groups excluding carboxylic acids is 1. The van der Waals surface area contributed by atoms with E-state index in [1.165, 1.54) is 18.3 Å². The van der Waals surface area contributed by atoms with Gasteiger partial charge < -0.3 is 10.1 Å². The number of aromatic nitrogens is 1. The molecule has 1 amide bonds. The maximum absolute atomic E-state index is 12.2. The van der Waals surface area contributed by atoms with Crippen molar-refractivity contribution in [1.29, 1.82) is 5.26 Å². The van der Waals surface area contributed by atoms with E-state index < -0.39 is 12.3 Å². The number of nitrogens with zero attached hydrogens (tertiary/aromatic N) is 2. The molecule has 1 heterocycles. The van der Waals surface area contributed by atoms with E-state index in [-0.39, 0.29) is 12.2 Å². The van der Waals surface area contributed by atoms with Crippen LogP contribution in [0.4, 0.5) is 18.9 Å². The first-order chi connectivity index (χ1) is 12.9. The minimum atomic E-state index is -4.79. The Labute approximate surface area is 153 Å². The summed E-state index contributed by atoms with van der Waals surface area (Å²) in [5, 5.41) is 11.0. The highest BCUT2D eigenvalue weighted by atomic mass is 19.4. The fraction of sp³-hybridized carbons (Fsp3) is 0.211. The molecule has 0 unspecified atom stereocenters. The van der Waals surface area contributed by atoms with Crippen LogP contribution in [0.15, 0.2) is 42.6 Å². The molecule has 8 heteroatoms. The van der Waals surface area contributed by atoms with E-state index in [9.17, 15) is 18.0 Å². The monoisotopic (exact) mass is 373 g/mol. The summed E-state index contributed by atoms with van der Waals surface area (Å²) in [5.74, 6) is 4.81. The first kappa shape index (κ1) is 19.8. The minimum Gasteiger partial charge on any atom is -0.406 e. The van der Waals surface area contributed by atoms with Crippen molar-refractivity contribution in [2.45, 2.75) is 25.6 Å². The maximum atomic E-state index is 12.2. The predicted molar refractivity (Wildman–Crippen MR) is 91.4 cm³/mol. The van der Waals surface area contributed by atoms with Crippen LogP contribution >= 0.6 is 0 Å². The van der Waals surface area contributed by atoms with E-state index in [1.54, 1.807) is 12.1 Å². The number of amides is 1. The van der Waals surface area contributed by atoms with Crippen LogP contribution < -0.4 is 10.1 Å². The molecule has 0 saturated carbocycles. The Bertz CT molecular complexity index is 891. The highest BCUT2D eigenvalue weighted by Gasteiger charge is 2.31. The van der Waals surface area contributed by atoms with Gasteiger partial charge >= 0.3 is 6.36 Å². The summed E-state index contributed by atoms with van der Waals surface area (Å²) in [6.07, 6.45) is -2.68. The van der Waals surface area contributed by atoms with Crippen LogP contribution in [0.3, 0.4) is 0 Å². The topological polar surface area (TPSA) is 75.0 Å². The number of anilines is 1. The smallest absolute Gasteiger partial charge is 0.406 e. The lowest BCUT2D eigenvalue weighted by molar-refractivity contribution is -0.274. The molecule has 0 saturated heterocycles. The normalized spacial score (nSPS) is 10.3. The number of hydrogen-bond acceptors (Lipinski definition) is 4. The zero-order valence-electron chi connectivity index (χ0n) is 14.0. The van der Waals surface area contributed by atoms with Crippen LogP contribution in [0.5, 0.6) is 5.75 Å². The van der Waals surface area contributed by atoms with Crippen LogP contribution in [0.2, 0.25) is 0 Å². The summed E-state index contributed by atoms with van der Waals surface area (Å²) < 4.78 is 40.5. The second kappa shape index (κ2) is 9.25. The van der Waals surface area contributed by atoms with Crippen molar-refractivity contribution in [1.82, 2.24) is 4.98 Å². The Hall–Kier alpha value is -3.52. The van der Waals surface area contributed by atoms with Crippen molar-refractivity contribution < 1.29 is 22.7 Å². The zero-order valence-corrected chi connectivity index (χ0v) is 14.0. The van der Waals surface area contributed by atoms with E-state index in [0.29, 0.717) is 29.8 Å². The quantitative estimate of drug-likeness (QED) is 0.639. The molecule has 1 aromatic carbocycles. The van der Waals surface area contributed by atoms with Crippen molar-refractivity contribution >= 4 is 11.6 Å². The fourth-order valence-corrected chi connectivity index (χ4v) is 2.06. The van der Waals surface area contributed by atoms with E-state index >= 15 is 0 Å². The van der Waals surface area contributed by atoms with Crippen LogP contribution in [-0.2, 0) is 11.2 Å². The van der Waals surface area contributed by atoms with Gasteiger partial charge in [-0.3, -0.25) is 4.79 Å². The van der Waals surface area contributed by atoms with Crippen LogP contribution in [-0.4, -0.2) is 17.3 Å². The molecule has 0 aliphatic carbocycles. The number of nitriles is 1. The summed E-state index contributed by atoms with van der Waals surface area (Å²) in [6, 6.07) is 10.4. The molecule has 5 nitrogen and oxygen atoms in total. The molecule has 0 fully saturated rings. The number of alkyl halides is 3. The van der Waals surface area contributed by atoms with Gasteiger partial charge in [0.1, 0.15) is 11.4 Å². The average molecular weight is 373 g/mol. The summed E-state index contributed by atoms with van der Waals surface area (Å²) >= 11 is 0. The third kappa shape index (κ3) is 7.49. The summed E-state index contributed by atoms with van der Waals surface area (Å²) in [7, 11) is 0. The molecule has 0 aliphatic rings. The molecular weight excluding hydrogens is 359 g/mol. The molecule has 0 bridgehead atoms. The van der Waals surface area contributed by atoms with Crippen LogP contribution in [0.25, 0.3) is 0 Å². The number of hydrogen-bond donors (Lipinski definition) is 1. The third-order valence-corrected chi connectivity index (χ3v) is 3.12. The molecule has 1 aromatic heterocycles. The lowest BCUT2D eigenvalue weighted by Crippen LogP contribution is -2.18. The van der Waals surface area contributed by atoms with Crippen molar-refractivity contribution in [3.05, 3.63) is 53.9 Å². The molecule has 0 aliphatic heterocycles. The van der Waals surface area contributed by atoms with Gasteiger partial charge in [-0.25, -0.2) is 4.98 Å². The van der Waals surface area contributed by atoms with E-state index in [0.717, 1.165) is 12.1 Å². The van der Waals surface area contributed by atoms with Crippen molar-refractivity contribution in [2.24, 2.45) is 0 Å². The first-order valence-electron chi connectivity index (χ1n) is 7.82. The van der Waals surface area contributed by atoms with Gasteiger partial charge in [-0.2, -0.15) is 5.26 Å². The van der Waals surface area contributed by atoms with Gasteiger partial charge in [-0.1, -0.05) is 18.1 Å². The lowest BCUT2D eigenvalue weighted by Gasteiger charge is -2.10. The lowest BCUT2D eigenvalue weighted by atomic mass is 10.1. The maximum Gasteiger partial charge on any atom is 0.573 e. The molecule has 0 radical (unpaired) electrons. The largest absolute Gasteiger partial charge is 0.573 e. The molecule has 2 rings (SSSR count). The first-order valence-corrected chi connectivity index (χ1v) is 7.82. The molecule has 27 heavy (non-hydrogen) atoms. The molecule has 0 atom stereocenters. The Morgan fingerprint density at radius 2 is 2.04 bits per heavy atom. The van der Waals surface area contributed by atoms with Crippen LogP contribution in [0, 0.1) is 23.2 Å². The molecule has 2 aromatic rings. The highest BCUT2D eigenvalue weighted by Crippen LogP contribution is 2.23. The van der Waals surface area contributed by atoms with Gasteiger partial charge in [0.2, 0.25) is 5.91 Å². The van der Waals surface area contributed by atoms with Gasteiger partial charge in [-0.15, -0.1) is 13.2 Å². The van der Waals surface area contributed by atoms with Gasteiger partial charge in [0.25, 0.3) is 0 Å². The standard InChI is InChI=1S/C19H14F3N3O2/c20-19(21,22)27-17-7-4-5-14(11-17)12-18(26)25-16-9-8-15(24-13-16)6-2-1-3-10-23/h4-5,7-9,11,13H,1,3,12H2,(H,25,26). The molecule has 138 valence electrons. The second-order valence-electron chi connectivity index (χ2n) is 5.31. The molecular formula is C19H14F3N3O2. The minimum absolute atomic E-state index is 0.120. The number of pyridine rings is 1.